The van der Waals surface area contributed by atoms with Gasteiger partial charge in [0.25, 0.3) is 5.91 Å². The van der Waals surface area contributed by atoms with Crippen LogP contribution >= 0.6 is 23.4 Å². The molecular weight excluding hydrogens is 262 g/mol. The Kier molecular flexibility index (Phi) is 3.88. The van der Waals surface area contributed by atoms with Gasteiger partial charge in [0.05, 0.1) is 0 Å². The van der Waals surface area contributed by atoms with E-state index in [0.29, 0.717) is 10.8 Å². The van der Waals surface area contributed by atoms with Crippen molar-refractivity contribution in [3.05, 3.63) is 34.9 Å². The number of thioether (sulfide) groups is 1. The summed E-state index contributed by atoms with van der Waals surface area (Å²) in [6, 6.07) is 6.86. The summed E-state index contributed by atoms with van der Waals surface area (Å²) in [5, 5.41) is 2.38. The molecule has 1 aromatic rings. The van der Waals surface area contributed by atoms with Crippen LogP contribution < -0.4 is 16.2 Å². The molecule has 3 N–H and O–H groups in total. The average Bonchev–Trinajstić information content (AvgIpc) is 2.30. The second-order valence-electron chi connectivity index (χ2n) is 3.41. The molecule has 1 aliphatic heterocycles. The predicted molar refractivity (Wildman–Crippen MR) is 66.3 cm³/mol. The second-order valence-corrected chi connectivity index (χ2v) is 4.94. The number of hydrogen-bond donors (Lipinski definition) is 3. The molecular formula is C10H10ClN3O2S. The Labute approximate surface area is 107 Å². The summed E-state index contributed by atoms with van der Waals surface area (Å²) in [6.45, 7) is 0. The molecule has 1 fully saturated rings. The summed E-state index contributed by atoms with van der Waals surface area (Å²) < 4.78 is 0. The number of benzene rings is 1. The van der Waals surface area contributed by atoms with Crippen molar-refractivity contribution >= 4 is 35.3 Å². The number of hydrazine groups is 1. The van der Waals surface area contributed by atoms with Crippen LogP contribution in [0, 0.1) is 0 Å². The highest BCUT2D eigenvalue weighted by Gasteiger charge is 2.25. The first kappa shape index (κ1) is 12.2. The molecule has 0 aliphatic carbocycles. The fourth-order valence-electron chi connectivity index (χ4n) is 1.28. The molecule has 3 amide bonds. The SMILES string of the molecule is O=C1NNC(SCc2ccc(Cl)cc2)C(=O)N1. The zero-order chi connectivity index (χ0) is 12.3. The molecule has 1 heterocycles. The number of nitrogens with one attached hydrogen (secondary N) is 3. The van der Waals surface area contributed by atoms with Gasteiger partial charge in [0, 0.05) is 10.8 Å². The van der Waals surface area contributed by atoms with E-state index in [2.05, 4.69) is 16.2 Å². The molecule has 1 atom stereocenters. The molecule has 0 saturated carbocycles. The quantitative estimate of drug-likeness (QED) is 0.774. The highest BCUT2D eigenvalue weighted by Crippen LogP contribution is 2.18. The molecule has 2 rings (SSSR count). The number of hydrogen-bond acceptors (Lipinski definition) is 4. The Morgan fingerprint density at radius 2 is 1.94 bits per heavy atom. The summed E-state index contributed by atoms with van der Waals surface area (Å²) in [5.74, 6) is 0.311. The lowest BCUT2D eigenvalue weighted by atomic mass is 10.2. The molecule has 0 bridgehead atoms. The van der Waals surface area contributed by atoms with Crippen LogP contribution in [-0.4, -0.2) is 17.3 Å². The summed E-state index contributed by atoms with van der Waals surface area (Å²) in [6.07, 6.45) is 0. The maximum atomic E-state index is 11.4. The van der Waals surface area contributed by atoms with E-state index in [1.165, 1.54) is 11.8 Å². The molecule has 1 aliphatic rings. The van der Waals surface area contributed by atoms with Crippen molar-refractivity contribution in [2.75, 3.05) is 0 Å². The number of urea groups is 1. The highest BCUT2D eigenvalue weighted by molar-refractivity contribution is 7.99. The first-order valence-corrected chi connectivity index (χ1v) is 6.30. The second kappa shape index (κ2) is 5.39. The van der Waals surface area contributed by atoms with E-state index in [9.17, 15) is 9.59 Å². The van der Waals surface area contributed by atoms with Crippen molar-refractivity contribution in [3.8, 4) is 0 Å². The van der Waals surface area contributed by atoms with Crippen LogP contribution in [0.15, 0.2) is 24.3 Å². The van der Waals surface area contributed by atoms with E-state index < -0.39 is 11.4 Å². The van der Waals surface area contributed by atoms with Crippen molar-refractivity contribution in [2.24, 2.45) is 0 Å². The van der Waals surface area contributed by atoms with Crippen molar-refractivity contribution in [2.45, 2.75) is 11.1 Å². The maximum Gasteiger partial charge on any atom is 0.335 e. The summed E-state index contributed by atoms with van der Waals surface area (Å²) >= 11 is 7.15. The third-order valence-electron chi connectivity index (χ3n) is 2.12. The van der Waals surface area contributed by atoms with Gasteiger partial charge in [-0.25, -0.2) is 10.2 Å². The van der Waals surface area contributed by atoms with Crippen LogP contribution in [0.2, 0.25) is 5.02 Å². The van der Waals surface area contributed by atoms with E-state index in [4.69, 9.17) is 11.6 Å². The van der Waals surface area contributed by atoms with Gasteiger partial charge in [0.2, 0.25) is 0 Å². The van der Waals surface area contributed by atoms with E-state index in [0.717, 1.165) is 5.56 Å². The minimum absolute atomic E-state index is 0.340. The number of imide groups is 1. The van der Waals surface area contributed by atoms with E-state index in [1.807, 2.05) is 12.1 Å². The van der Waals surface area contributed by atoms with Crippen molar-refractivity contribution in [1.29, 1.82) is 0 Å². The monoisotopic (exact) mass is 271 g/mol. The fourth-order valence-corrected chi connectivity index (χ4v) is 2.31. The smallest absolute Gasteiger partial charge is 0.275 e. The van der Waals surface area contributed by atoms with Gasteiger partial charge in [-0.15, -0.1) is 11.8 Å². The molecule has 7 heteroatoms. The molecule has 1 aromatic carbocycles. The van der Waals surface area contributed by atoms with Crippen LogP contribution in [-0.2, 0) is 10.5 Å². The van der Waals surface area contributed by atoms with Crippen LogP contribution in [0.3, 0.4) is 0 Å². The van der Waals surface area contributed by atoms with Gasteiger partial charge in [0.15, 0.2) is 5.37 Å². The van der Waals surface area contributed by atoms with Gasteiger partial charge in [-0.05, 0) is 17.7 Å². The number of amides is 3. The molecule has 17 heavy (non-hydrogen) atoms. The molecule has 1 saturated heterocycles. The van der Waals surface area contributed by atoms with E-state index >= 15 is 0 Å². The first-order chi connectivity index (χ1) is 8.15. The van der Waals surface area contributed by atoms with Gasteiger partial charge >= 0.3 is 6.03 Å². The number of carbonyl (C=O) groups excluding carboxylic acids is 2. The Hall–Kier alpha value is -1.24. The maximum absolute atomic E-state index is 11.4. The zero-order valence-corrected chi connectivity index (χ0v) is 10.3. The van der Waals surface area contributed by atoms with Gasteiger partial charge in [-0.1, -0.05) is 23.7 Å². The predicted octanol–water partition coefficient (Wildman–Crippen LogP) is 1.24. The Morgan fingerprint density at radius 3 is 2.59 bits per heavy atom. The number of rotatable bonds is 3. The Bertz CT molecular complexity index is 438. The minimum Gasteiger partial charge on any atom is -0.275 e. The fraction of sp³-hybridized carbons (Fsp3) is 0.200. The standard InChI is InChI=1S/C10H10ClN3O2S/c11-7-3-1-6(2-4-7)5-17-9-8(15)12-10(16)14-13-9/h1-4,9,13H,5H2,(H2,12,14,15,16). The van der Waals surface area contributed by atoms with Gasteiger partial charge in [-0.2, -0.15) is 0 Å². The summed E-state index contributed by atoms with van der Waals surface area (Å²) in [4.78, 5) is 22.2. The highest BCUT2D eigenvalue weighted by atomic mass is 35.5. The molecule has 0 aromatic heterocycles. The molecule has 0 spiro atoms. The topological polar surface area (TPSA) is 70.2 Å². The zero-order valence-electron chi connectivity index (χ0n) is 8.70. The molecule has 90 valence electrons. The average molecular weight is 272 g/mol. The third-order valence-corrected chi connectivity index (χ3v) is 3.54. The van der Waals surface area contributed by atoms with Crippen LogP contribution in [0.5, 0.6) is 0 Å². The number of halogens is 1. The minimum atomic E-state index is -0.529. The normalized spacial score (nSPS) is 19.7. The van der Waals surface area contributed by atoms with Crippen molar-refractivity contribution in [3.63, 3.8) is 0 Å². The lowest BCUT2D eigenvalue weighted by molar-refractivity contribution is -0.120. The summed E-state index contributed by atoms with van der Waals surface area (Å²) in [5.41, 5.74) is 6.03. The van der Waals surface area contributed by atoms with Crippen molar-refractivity contribution in [1.82, 2.24) is 16.2 Å². The lowest BCUT2D eigenvalue weighted by Crippen LogP contribution is -2.61. The summed E-state index contributed by atoms with van der Waals surface area (Å²) in [7, 11) is 0. The van der Waals surface area contributed by atoms with E-state index in [1.54, 1.807) is 12.1 Å². The van der Waals surface area contributed by atoms with Gasteiger partial charge < -0.3 is 0 Å². The third kappa shape index (κ3) is 3.36. The Morgan fingerprint density at radius 1 is 1.24 bits per heavy atom. The van der Waals surface area contributed by atoms with Crippen LogP contribution in [0.1, 0.15) is 5.56 Å². The van der Waals surface area contributed by atoms with Gasteiger partial charge in [-0.3, -0.25) is 15.5 Å². The molecule has 0 radical (unpaired) electrons. The lowest BCUT2D eigenvalue weighted by Gasteiger charge is -2.22. The van der Waals surface area contributed by atoms with Crippen LogP contribution in [0.4, 0.5) is 4.79 Å². The number of carbonyl (C=O) groups is 2. The molecule has 5 nitrogen and oxygen atoms in total. The van der Waals surface area contributed by atoms with Crippen molar-refractivity contribution < 1.29 is 9.59 Å². The van der Waals surface area contributed by atoms with E-state index in [-0.39, 0.29) is 5.91 Å². The molecule has 1 unspecified atom stereocenters. The Balaban J connectivity index is 1.88. The van der Waals surface area contributed by atoms with Crippen LogP contribution in [0.25, 0.3) is 0 Å². The largest absolute Gasteiger partial charge is 0.335 e. The first-order valence-electron chi connectivity index (χ1n) is 4.87. The van der Waals surface area contributed by atoms with Gasteiger partial charge in [0.1, 0.15) is 0 Å².